The van der Waals surface area contributed by atoms with Crippen LogP contribution in [0.25, 0.3) is 0 Å². The van der Waals surface area contributed by atoms with E-state index in [4.69, 9.17) is 5.73 Å². The first kappa shape index (κ1) is 27.0. The maximum Gasteiger partial charge on any atom is 0.321 e. The van der Waals surface area contributed by atoms with Crippen LogP contribution in [0.2, 0.25) is 0 Å². The van der Waals surface area contributed by atoms with E-state index in [9.17, 15) is 23.1 Å². The van der Waals surface area contributed by atoms with E-state index in [2.05, 4.69) is 21.7 Å². The molecule has 0 aromatic heterocycles. The quantitative estimate of drug-likeness (QED) is 0.258. The lowest BCUT2D eigenvalue weighted by Crippen LogP contribution is -2.55. The first-order chi connectivity index (χ1) is 15.2. The van der Waals surface area contributed by atoms with E-state index in [-0.39, 0.29) is 24.3 Å². The molecule has 32 heavy (non-hydrogen) atoms. The zero-order valence-corrected chi connectivity index (χ0v) is 20.2. The SMILES string of the molecule is CC1CCCC(NC(=O)[C@H](CC2CCCCC2)NS(=O)(=O)N[C@@H](CCCCN)C(=O)O)C1. The molecule has 10 heteroatoms. The van der Waals surface area contributed by atoms with E-state index in [1.807, 2.05) is 0 Å². The number of amides is 1. The number of aliphatic carboxylic acids is 1. The maximum atomic E-state index is 13.1. The Balaban J connectivity index is 2.05. The smallest absolute Gasteiger partial charge is 0.321 e. The summed E-state index contributed by atoms with van der Waals surface area (Å²) in [5, 5.41) is 12.5. The van der Waals surface area contributed by atoms with Crippen LogP contribution in [0.5, 0.6) is 0 Å². The van der Waals surface area contributed by atoms with Crippen molar-refractivity contribution < 1.29 is 23.1 Å². The monoisotopic (exact) mass is 474 g/mol. The van der Waals surface area contributed by atoms with Crippen molar-refractivity contribution in [3.05, 3.63) is 0 Å². The fourth-order valence-corrected chi connectivity index (χ4v) is 6.21. The van der Waals surface area contributed by atoms with Crippen molar-refractivity contribution in [2.45, 2.75) is 109 Å². The Kier molecular flexibility index (Phi) is 11.4. The summed E-state index contributed by atoms with van der Waals surface area (Å²) in [5.74, 6) is -0.728. The predicted molar refractivity (Wildman–Crippen MR) is 124 cm³/mol. The number of hydrogen-bond donors (Lipinski definition) is 5. The van der Waals surface area contributed by atoms with Crippen molar-refractivity contribution in [2.75, 3.05) is 6.54 Å². The summed E-state index contributed by atoms with van der Waals surface area (Å²) in [6.45, 7) is 2.59. The van der Waals surface area contributed by atoms with Gasteiger partial charge in [-0.25, -0.2) is 0 Å². The van der Waals surface area contributed by atoms with Gasteiger partial charge in [0, 0.05) is 6.04 Å². The van der Waals surface area contributed by atoms with Crippen molar-refractivity contribution in [1.82, 2.24) is 14.8 Å². The Hall–Kier alpha value is -1.23. The van der Waals surface area contributed by atoms with Gasteiger partial charge in [-0.05, 0) is 50.5 Å². The van der Waals surface area contributed by atoms with Gasteiger partial charge in [0.05, 0.1) is 0 Å². The number of carboxylic acid groups (broad SMARTS) is 1. The normalized spacial score (nSPS) is 24.6. The van der Waals surface area contributed by atoms with E-state index >= 15 is 0 Å². The lowest BCUT2D eigenvalue weighted by Gasteiger charge is -2.31. The average molecular weight is 475 g/mol. The molecule has 2 rings (SSSR count). The second-order valence-corrected chi connectivity index (χ2v) is 11.2. The minimum absolute atomic E-state index is 0.0561. The van der Waals surface area contributed by atoms with Gasteiger partial charge in [0.2, 0.25) is 5.91 Å². The molecule has 2 saturated carbocycles. The number of carbonyl (C=O) groups is 2. The van der Waals surface area contributed by atoms with Gasteiger partial charge in [0.15, 0.2) is 0 Å². The fraction of sp³-hybridized carbons (Fsp3) is 0.909. The third-order valence-electron chi connectivity index (χ3n) is 6.73. The molecule has 0 saturated heterocycles. The van der Waals surface area contributed by atoms with Gasteiger partial charge in [-0.15, -0.1) is 0 Å². The van der Waals surface area contributed by atoms with Gasteiger partial charge >= 0.3 is 5.97 Å². The summed E-state index contributed by atoms with van der Waals surface area (Å²) in [6, 6.07) is -2.11. The van der Waals surface area contributed by atoms with Gasteiger partial charge in [-0.1, -0.05) is 58.3 Å². The second kappa shape index (κ2) is 13.5. The van der Waals surface area contributed by atoms with Gasteiger partial charge in [0.25, 0.3) is 10.2 Å². The summed E-state index contributed by atoms with van der Waals surface area (Å²) in [7, 11) is -4.18. The molecular formula is C22H42N4O5S. The van der Waals surface area contributed by atoms with E-state index in [0.29, 0.717) is 31.7 Å². The van der Waals surface area contributed by atoms with Crippen molar-refractivity contribution in [3.8, 4) is 0 Å². The second-order valence-electron chi connectivity index (χ2n) is 9.68. The molecule has 0 heterocycles. The van der Waals surface area contributed by atoms with E-state index < -0.39 is 28.3 Å². The first-order valence-electron chi connectivity index (χ1n) is 12.2. The highest BCUT2D eigenvalue weighted by Crippen LogP contribution is 2.28. The molecular weight excluding hydrogens is 432 g/mol. The van der Waals surface area contributed by atoms with Crippen LogP contribution in [0.3, 0.4) is 0 Å². The highest BCUT2D eigenvalue weighted by Gasteiger charge is 2.32. The standard InChI is InChI=1S/C22H42N4O5S/c1-16-8-7-11-18(14-16)24-21(27)20(15-17-9-3-2-4-10-17)26-32(30,31)25-19(22(28)29)12-5-6-13-23/h16-20,25-26H,2-15,23H2,1H3,(H,24,27)(H,28,29)/t16?,18?,19-,20-/m0/s1. The van der Waals surface area contributed by atoms with Crippen LogP contribution in [0.4, 0.5) is 0 Å². The summed E-state index contributed by atoms with van der Waals surface area (Å²) >= 11 is 0. The van der Waals surface area contributed by atoms with Crippen molar-refractivity contribution in [2.24, 2.45) is 17.6 Å². The van der Waals surface area contributed by atoms with Gasteiger partial charge in [0.1, 0.15) is 12.1 Å². The summed E-state index contributed by atoms with van der Waals surface area (Å²) in [4.78, 5) is 24.6. The summed E-state index contributed by atoms with van der Waals surface area (Å²) < 4.78 is 30.3. The molecule has 1 amide bonds. The molecule has 0 bridgehead atoms. The molecule has 4 atom stereocenters. The number of nitrogens with one attached hydrogen (secondary N) is 3. The average Bonchev–Trinajstić information content (AvgIpc) is 2.73. The molecule has 2 aliphatic rings. The van der Waals surface area contributed by atoms with Gasteiger partial charge in [-0.2, -0.15) is 17.9 Å². The highest BCUT2D eigenvalue weighted by molar-refractivity contribution is 7.87. The molecule has 0 aliphatic heterocycles. The Morgan fingerprint density at radius 3 is 2.31 bits per heavy atom. The van der Waals surface area contributed by atoms with E-state index in [1.165, 1.54) is 6.42 Å². The van der Waals surface area contributed by atoms with Crippen molar-refractivity contribution in [3.63, 3.8) is 0 Å². The predicted octanol–water partition coefficient (Wildman–Crippen LogP) is 2.03. The summed E-state index contributed by atoms with van der Waals surface area (Å²) in [5.41, 5.74) is 5.45. The number of carboxylic acids is 1. The Morgan fingerprint density at radius 2 is 1.69 bits per heavy atom. The lowest BCUT2D eigenvalue weighted by molar-refractivity contribution is -0.139. The number of nitrogens with two attached hydrogens (primary N) is 1. The zero-order valence-electron chi connectivity index (χ0n) is 19.4. The maximum absolute atomic E-state index is 13.1. The number of hydrogen-bond acceptors (Lipinski definition) is 5. The third kappa shape index (κ3) is 9.72. The van der Waals surface area contributed by atoms with Crippen LogP contribution in [0, 0.1) is 11.8 Å². The van der Waals surface area contributed by atoms with E-state index in [0.717, 1.165) is 51.4 Å². The lowest BCUT2D eigenvalue weighted by atomic mass is 9.84. The van der Waals surface area contributed by atoms with Crippen LogP contribution >= 0.6 is 0 Å². The Bertz CT molecular complexity index is 696. The first-order valence-corrected chi connectivity index (χ1v) is 13.7. The molecule has 9 nitrogen and oxygen atoms in total. The molecule has 186 valence electrons. The van der Waals surface area contributed by atoms with Gasteiger partial charge < -0.3 is 16.2 Å². The Labute approximate surface area is 192 Å². The zero-order chi connectivity index (χ0) is 23.6. The minimum atomic E-state index is -4.18. The Morgan fingerprint density at radius 1 is 1.00 bits per heavy atom. The topological polar surface area (TPSA) is 151 Å². The number of carbonyl (C=O) groups excluding carboxylic acids is 1. The third-order valence-corrected chi connectivity index (χ3v) is 7.92. The summed E-state index contributed by atoms with van der Waals surface area (Å²) in [6.07, 6.45) is 11.0. The van der Waals surface area contributed by atoms with Crippen LogP contribution < -0.4 is 20.5 Å². The molecule has 2 unspecified atom stereocenters. The molecule has 0 spiro atoms. The van der Waals surface area contributed by atoms with Crippen LogP contribution in [-0.2, 0) is 19.8 Å². The molecule has 2 aliphatic carbocycles. The minimum Gasteiger partial charge on any atom is -0.480 e. The molecule has 6 N–H and O–H groups in total. The van der Waals surface area contributed by atoms with Crippen LogP contribution in [0.1, 0.15) is 90.4 Å². The highest BCUT2D eigenvalue weighted by atomic mass is 32.2. The fourth-order valence-electron chi connectivity index (χ4n) is 4.97. The van der Waals surface area contributed by atoms with Crippen LogP contribution in [-0.4, -0.2) is 50.1 Å². The van der Waals surface area contributed by atoms with Crippen LogP contribution in [0.15, 0.2) is 0 Å². The molecule has 0 aromatic carbocycles. The number of rotatable bonds is 13. The largest absolute Gasteiger partial charge is 0.480 e. The van der Waals surface area contributed by atoms with Crippen molar-refractivity contribution in [1.29, 1.82) is 0 Å². The van der Waals surface area contributed by atoms with Gasteiger partial charge in [-0.3, -0.25) is 9.59 Å². The van der Waals surface area contributed by atoms with E-state index in [1.54, 1.807) is 0 Å². The molecule has 0 radical (unpaired) electrons. The van der Waals surface area contributed by atoms with Crippen molar-refractivity contribution >= 4 is 22.1 Å². The molecule has 0 aromatic rings. The number of unbranched alkanes of at least 4 members (excludes halogenated alkanes) is 1. The molecule has 2 fully saturated rings.